The van der Waals surface area contributed by atoms with Crippen molar-refractivity contribution in [2.75, 3.05) is 0 Å². The maximum atomic E-state index is 8.40. The third-order valence-electron chi connectivity index (χ3n) is 14.4. The smallest absolute Gasteiger partial charge is 0.316 e. The van der Waals surface area contributed by atoms with Gasteiger partial charge in [-0.1, -0.05) is 176 Å². The number of ketones is 1. The van der Waals surface area contributed by atoms with Crippen LogP contribution in [0.25, 0.3) is 131 Å². The molecule has 0 atom stereocenters. The number of rotatable bonds is 4. The Bertz CT molecular complexity index is 4320. The van der Waals surface area contributed by atoms with E-state index in [0.29, 0.717) is 0 Å². The maximum Gasteiger partial charge on any atom is 0.316 e. The molecule has 394 valence electrons. The number of aliphatic hydroxyl groups excluding tert-OH is 1. The van der Waals surface area contributed by atoms with Gasteiger partial charge in [0.15, 0.2) is 0 Å². The first-order chi connectivity index (χ1) is 38.9. The zero-order chi connectivity index (χ0) is 53.7. The number of carbonyl (C=O) groups excluding carboxylic acids is 1. The van der Waals surface area contributed by atoms with Crippen molar-refractivity contribution in [3.8, 4) is 33.8 Å². The Morgan fingerprint density at radius 2 is 0.642 bits per heavy atom. The van der Waals surface area contributed by atoms with E-state index < -0.39 is 0 Å². The minimum absolute atomic E-state index is 0. The van der Waals surface area contributed by atoms with Crippen molar-refractivity contribution in [3.63, 3.8) is 0 Å². The molecule has 5 nitrogen and oxygen atoms in total. The summed E-state index contributed by atoms with van der Waals surface area (Å²) in [4.78, 5) is 22.3. The van der Waals surface area contributed by atoms with Crippen LogP contribution in [0.3, 0.4) is 0 Å². The quantitative estimate of drug-likeness (QED) is 0.0626. The fraction of sp³-hybridized carbons (Fsp3) is 0.0270. The second-order valence-electron chi connectivity index (χ2n) is 19.5. The Morgan fingerprint density at radius 1 is 0.333 bits per heavy atom. The van der Waals surface area contributed by atoms with Gasteiger partial charge in [0.25, 0.3) is 0 Å². The summed E-state index contributed by atoms with van der Waals surface area (Å²) in [5, 5.41) is 31.1. The van der Waals surface area contributed by atoms with E-state index >= 15 is 0 Å². The Balaban J connectivity index is 0.000000127. The molecule has 3 aromatic heterocycles. The Morgan fingerprint density at radius 3 is 1.00 bits per heavy atom. The zero-order valence-corrected chi connectivity index (χ0v) is 49.1. The molecule has 15 rings (SSSR count). The minimum Gasteiger partial charge on any atom is -0.512 e. The van der Waals surface area contributed by atoms with Gasteiger partial charge in [0.2, 0.25) is 0 Å². The summed E-state index contributed by atoms with van der Waals surface area (Å²) in [6, 6.07) is 91.5. The number of benzene rings is 12. The van der Waals surface area contributed by atoms with Crippen LogP contribution in [-0.4, -0.2) is 30.6 Å². The van der Waals surface area contributed by atoms with Crippen molar-refractivity contribution in [1.29, 1.82) is 0 Å². The van der Waals surface area contributed by atoms with Crippen LogP contribution in [0.2, 0.25) is 0 Å². The van der Waals surface area contributed by atoms with E-state index in [-0.39, 0.29) is 51.8 Å². The molecule has 0 bridgehead atoms. The first kappa shape index (κ1) is 55.3. The summed E-state index contributed by atoms with van der Waals surface area (Å²) in [6.45, 7) is 3.00. The molecule has 12 aromatic carbocycles. The number of nitrogens with zero attached hydrogens (tertiary/aromatic N) is 3. The van der Waals surface area contributed by atoms with Gasteiger partial charge in [-0.05, 0) is 128 Å². The topological polar surface area (TPSA) is 80.3 Å². The van der Waals surface area contributed by atoms with E-state index in [1.165, 1.54) is 117 Å². The fourth-order valence-corrected chi connectivity index (χ4v) is 10.9. The summed E-state index contributed by atoms with van der Waals surface area (Å²) in [5.74, 6) is 0.250. The van der Waals surface area contributed by atoms with Crippen molar-refractivity contribution in [1.82, 2.24) is 15.0 Å². The molecule has 2 N–H and O–H groups in total. The third-order valence-corrected chi connectivity index (χ3v) is 14.4. The van der Waals surface area contributed by atoms with Crippen LogP contribution in [0.5, 0.6) is 0 Å². The van der Waals surface area contributed by atoms with Gasteiger partial charge in [-0.3, -0.25) is 9.78 Å². The summed E-state index contributed by atoms with van der Waals surface area (Å²) in [6.07, 6.45) is 6.99. The predicted molar refractivity (Wildman–Crippen MR) is 333 cm³/mol. The van der Waals surface area contributed by atoms with Crippen molar-refractivity contribution in [2.24, 2.45) is 0 Å². The average Bonchev–Trinajstić information content (AvgIpc) is 3.56. The molecule has 0 saturated carbocycles. The van der Waals surface area contributed by atoms with Gasteiger partial charge in [0.05, 0.1) is 24.5 Å². The molecule has 0 aliphatic rings. The van der Waals surface area contributed by atoms with Crippen LogP contribution in [0.1, 0.15) is 13.8 Å². The largest absolute Gasteiger partial charge is 0.512 e. The molecular weight excluding hydrogens is 1350 g/mol. The number of fused-ring (bicyclic) bond motifs is 15. The molecule has 0 saturated heterocycles. The van der Waals surface area contributed by atoms with E-state index in [2.05, 4.69) is 227 Å². The zero-order valence-electron chi connectivity index (χ0n) is 44.3. The van der Waals surface area contributed by atoms with E-state index in [4.69, 9.17) is 9.90 Å². The first-order valence-corrected chi connectivity index (χ1v) is 26.3. The molecule has 0 fully saturated rings. The maximum absolute atomic E-state index is 8.40. The van der Waals surface area contributed by atoms with E-state index in [1.54, 1.807) is 0 Å². The van der Waals surface area contributed by atoms with Gasteiger partial charge in [-0.15, -0.1) is 71.8 Å². The third kappa shape index (κ3) is 11.4. The number of aliphatic hydroxyl groups is 1. The van der Waals surface area contributed by atoms with E-state index in [9.17, 15) is 0 Å². The molecule has 7 heteroatoms. The van der Waals surface area contributed by atoms with Crippen LogP contribution in [0.15, 0.2) is 273 Å². The number of aromatic nitrogens is 3. The van der Waals surface area contributed by atoms with Crippen molar-refractivity contribution < 1.29 is 50.1 Å². The predicted octanol–water partition coefficient (Wildman–Crippen LogP) is 19.2. The van der Waals surface area contributed by atoms with Crippen molar-refractivity contribution in [3.05, 3.63) is 285 Å². The van der Waals surface area contributed by atoms with Gasteiger partial charge in [-0.25, -0.2) is 0 Å². The second-order valence-corrected chi connectivity index (χ2v) is 19.5. The van der Waals surface area contributed by atoms with E-state index in [0.717, 1.165) is 33.8 Å². The standard InChI is InChI=1S/C23H15N.2C23H14N.C5H8O2.2Ir/c3*1-2-7-17(8-3-1)23-22-13-12-19-18-9-5-4-6-16(18)10-11-20(19)21(22)14-15-24-23;1-4(6)3-5(2)7;;/h1-15H;2*1-7,9-15H;3,6H,1-2H3;;/q;2*-1;;;/p+1. The number of hydrogen-bond donors (Lipinski definition) is 1. The second kappa shape index (κ2) is 24.9. The van der Waals surface area contributed by atoms with Gasteiger partial charge in [-0.2, -0.15) is 0 Å². The Labute approximate surface area is 497 Å². The monoisotopic (exact) mass is 1400 g/mol. The molecule has 2 radical (unpaired) electrons. The van der Waals surface area contributed by atoms with Gasteiger partial charge < -0.3 is 15.1 Å². The summed E-state index contributed by atoms with van der Waals surface area (Å²) >= 11 is 0. The van der Waals surface area contributed by atoms with Crippen molar-refractivity contribution in [2.45, 2.75) is 13.8 Å². The molecule has 3 heterocycles. The minimum atomic E-state index is 0. The van der Waals surface area contributed by atoms with Gasteiger partial charge in [0, 0.05) is 69.8 Å². The molecule has 0 spiro atoms. The number of allylic oxidation sites excluding steroid dienone is 2. The SMILES string of the molecule is CC(=[OH+])C=C(C)O.[Ir].[Ir].[c-]1ccccc1-c1nccc2c1ccc1c3ccccc3ccc21.[c-]1ccccc1-c1nccc2c1ccc1c3ccccc3ccc21.c1ccc(-c2nccc3c2ccc2c4ccccc4ccc32)cc1. The molecular formula is C74H52Ir2N3O2-. The normalized spacial score (nSPS) is 11.1. The number of pyridine rings is 3. The Kier molecular flexibility index (Phi) is 17.0. The summed E-state index contributed by atoms with van der Waals surface area (Å²) in [7, 11) is 0. The van der Waals surface area contributed by atoms with Gasteiger partial charge in [0.1, 0.15) is 0 Å². The van der Waals surface area contributed by atoms with E-state index in [1.807, 2.05) is 61.1 Å². The Hall–Kier alpha value is -9.06. The average molecular weight is 1400 g/mol. The summed E-state index contributed by atoms with van der Waals surface area (Å²) in [5.41, 5.74) is 6.24. The molecule has 81 heavy (non-hydrogen) atoms. The van der Waals surface area contributed by atoms with Crippen LogP contribution >= 0.6 is 0 Å². The van der Waals surface area contributed by atoms with Gasteiger partial charge >= 0.3 is 5.78 Å². The molecule has 0 amide bonds. The van der Waals surface area contributed by atoms with Crippen LogP contribution in [0.4, 0.5) is 0 Å². The first-order valence-electron chi connectivity index (χ1n) is 26.3. The summed E-state index contributed by atoms with van der Waals surface area (Å²) < 4.78 is 0. The van der Waals surface area contributed by atoms with Crippen molar-refractivity contribution >= 4 is 103 Å². The fourth-order valence-electron chi connectivity index (χ4n) is 10.9. The van der Waals surface area contributed by atoms with Crippen LogP contribution in [-0.2, 0) is 40.2 Å². The molecule has 0 aliphatic carbocycles. The van der Waals surface area contributed by atoms with Crippen LogP contribution < -0.4 is 0 Å². The number of hydrogen-bond acceptors (Lipinski definition) is 4. The molecule has 0 unspecified atom stereocenters. The van der Waals surface area contributed by atoms with Crippen LogP contribution in [0, 0.1) is 12.1 Å². The molecule has 15 aromatic rings. The molecule has 0 aliphatic heterocycles.